The van der Waals surface area contributed by atoms with Gasteiger partial charge in [0.1, 0.15) is 0 Å². The van der Waals surface area contributed by atoms with Gasteiger partial charge in [0, 0.05) is 18.6 Å². The molecule has 1 heterocycles. The lowest BCUT2D eigenvalue weighted by Crippen LogP contribution is -2.08. The normalized spacial score (nSPS) is 13.9. The first-order valence-corrected chi connectivity index (χ1v) is 4.01. The highest BCUT2D eigenvalue weighted by atomic mass is 16.6. The number of benzene rings is 1. The number of carbonyl (C=O) groups is 1. The monoisotopic (exact) mass is 190 g/mol. The zero-order valence-corrected chi connectivity index (χ0v) is 7.14. The molecule has 0 aliphatic carbocycles. The van der Waals surface area contributed by atoms with Gasteiger partial charge in [-0.15, -0.1) is 0 Å². The summed E-state index contributed by atoms with van der Waals surface area (Å²) in [5, 5.41) is 10.5. The van der Waals surface area contributed by atoms with Crippen molar-refractivity contribution in [2.75, 3.05) is 0 Å². The Labute approximate surface area is 79.2 Å². The molecule has 0 saturated heterocycles. The average molecular weight is 190 g/mol. The molecule has 0 bridgehead atoms. The number of hydrogen-bond donors (Lipinski definition) is 0. The van der Waals surface area contributed by atoms with Crippen LogP contribution < -0.4 is 0 Å². The Balaban J connectivity index is 2.49. The van der Waals surface area contributed by atoms with Crippen LogP contribution in [-0.2, 0) is 11.2 Å². The zero-order chi connectivity index (χ0) is 10.1. The van der Waals surface area contributed by atoms with E-state index in [1.807, 2.05) is 0 Å². The van der Waals surface area contributed by atoms with Crippen LogP contribution in [0.15, 0.2) is 23.2 Å². The molecule has 5 nitrogen and oxygen atoms in total. The van der Waals surface area contributed by atoms with Crippen LogP contribution in [0.25, 0.3) is 0 Å². The predicted molar refractivity (Wildman–Crippen MR) is 50.0 cm³/mol. The van der Waals surface area contributed by atoms with E-state index in [0.29, 0.717) is 11.3 Å². The highest BCUT2D eigenvalue weighted by Crippen LogP contribution is 2.26. The van der Waals surface area contributed by atoms with Gasteiger partial charge < -0.3 is 0 Å². The molecule has 14 heavy (non-hydrogen) atoms. The van der Waals surface area contributed by atoms with Crippen molar-refractivity contribution >= 4 is 23.4 Å². The molecule has 1 aromatic rings. The Hall–Kier alpha value is -2.04. The Bertz CT molecular complexity index is 451. The third-order valence-corrected chi connectivity index (χ3v) is 1.99. The smallest absolute Gasteiger partial charge is 0.269 e. The number of nitro benzene ring substituents is 1. The first kappa shape index (κ1) is 8.55. The lowest BCUT2D eigenvalue weighted by Gasteiger charge is -2.07. The van der Waals surface area contributed by atoms with Crippen LogP contribution in [0.1, 0.15) is 5.56 Å². The first-order valence-electron chi connectivity index (χ1n) is 4.01. The maximum absolute atomic E-state index is 11.0. The standard InChI is InChI=1S/C9H6N2O3/c12-8-4-6-3-7(11(13)14)1-2-9(6)10-5-8/h1-3,5H,4H2. The van der Waals surface area contributed by atoms with Crippen LogP contribution in [0.3, 0.4) is 0 Å². The van der Waals surface area contributed by atoms with Gasteiger partial charge in [0.05, 0.1) is 16.8 Å². The van der Waals surface area contributed by atoms with E-state index in [1.54, 1.807) is 6.07 Å². The lowest BCUT2D eigenvalue weighted by atomic mass is 10.0. The second kappa shape index (κ2) is 3.02. The van der Waals surface area contributed by atoms with E-state index in [2.05, 4.69) is 4.99 Å². The summed E-state index contributed by atoms with van der Waals surface area (Å²) < 4.78 is 0. The minimum atomic E-state index is -0.483. The van der Waals surface area contributed by atoms with Gasteiger partial charge in [0.15, 0.2) is 5.78 Å². The van der Waals surface area contributed by atoms with Gasteiger partial charge in [0.2, 0.25) is 0 Å². The summed E-state index contributed by atoms with van der Waals surface area (Å²) in [5.41, 5.74) is 1.25. The van der Waals surface area contributed by atoms with Crippen LogP contribution in [0, 0.1) is 10.1 Å². The zero-order valence-electron chi connectivity index (χ0n) is 7.14. The van der Waals surface area contributed by atoms with Gasteiger partial charge in [-0.2, -0.15) is 0 Å². The summed E-state index contributed by atoms with van der Waals surface area (Å²) in [4.78, 5) is 24.8. The second-order valence-electron chi connectivity index (χ2n) is 2.97. The third kappa shape index (κ3) is 1.39. The summed E-state index contributed by atoms with van der Waals surface area (Å²) in [6.45, 7) is 0. The van der Waals surface area contributed by atoms with Crippen molar-refractivity contribution in [2.45, 2.75) is 6.42 Å². The summed E-state index contributed by atoms with van der Waals surface area (Å²) in [6.07, 6.45) is 1.44. The highest BCUT2D eigenvalue weighted by molar-refractivity contribution is 6.29. The maximum Gasteiger partial charge on any atom is 0.269 e. The molecule has 0 unspecified atom stereocenters. The Morgan fingerprint density at radius 3 is 2.93 bits per heavy atom. The van der Waals surface area contributed by atoms with Gasteiger partial charge in [-0.25, -0.2) is 0 Å². The predicted octanol–water partition coefficient (Wildman–Crippen LogP) is 1.42. The Morgan fingerprint density at radius 2 is 2.21 bits per heavy atom. The Kier molecular flexibility index (Phi) is 1.85. The van der Waals surface area contributed by atoms with E-state index in [4.69, 9.17) is 0 Å². The molecule has 0 amide bonds. The van der Waals surface area contributed by atoms with E-state index >= 15 is 0 Å². The molecule has 1 aromatic carbocycles. The van der Waals surface area contributed by atoms with Crippen molar-refractivity contribution in [2.24, 2.45) is 4.99 Å². The number of rotatable bonds is 1. The van der Waals surface area contributed by atoms with Crippen molar-refractivity contribution in [3.63, 3.8) is 0 Å². The summed E-state index contributed by atoms with van der Waals surface area (Å²) in [6, 6.07) is 4.33. The third-order valence-electron chi connectivity index (χ3n) is 1.99. The second-order valence-corrected chi connectivity index (χ2v) is 2.97. The fraction of sp³-hybridized carbons (Fsp3) is 0.111. The number of Topliss-reactive ketones (excluding diaryl/α,β-unsaturated/α-hetero) is 1. The first-order chi connectivity index (χ1) is 6.66. The summed E-state index contributed by atoms with van der Waals surface area (Å²) in [7, 11) is 0. The molecule has 70 valence electrons. The number of nitrogens with zero attached hydrogens (tertiary/aromatic N) is 2. The Morgan fingerprint density at radius 1 is 1.43 bits per heavy atom. The minimum absolute atomic E-state index is 0.00588. The summed E-state index contributed by atoms with van der Waals surface area (Å²) in [5.74, 6) is -0.127. The average Bonchev–Trinajstić information content (AvgIpc) is 2.16. The fourth-order valence-electron chi connectivity index (χ4n) is 1.33. The largest absolute Gasteiger partial charge is 0.293 e. The molecule has 1 aliphatic heterocycles. The number of carbonyl (C=O) groups excluding carboxylic acids is 1. The van der Waals surface area contributed by atoms with Gasteiger partial charge in [-0.1, -0.05) is 0 Å². The van der Waals surface area contributed by atoms with Crippen LogP contribution in [-0.4, -0.2) is 16.9 Å². The van der Waals surface area contributed by atoms with Gasteiger partial charge in [-0.3, -0.25) is 19.9 Å². The molecule has 0 aromatic heterocycles. The molecule has 0 atom stereocenters. The van der Waals surface area contributed by atoms with E-state index in [9.17, 15) is 14.9 Å². The quantitative estimate of drug-likeness (QED) is 0.496. The van der Waals surface area contributed by atoms with E-state index in [-0.39, 0.29) is 17.9 Å². The number of ketones is 1. The molecule has 0 fully saturated rings. The number of aliphatic imine (C=N–C) groups is 1. The van der Waals surface area contributed by atoms with Crippen molar-refractivity contribution in [3.8, 4) is 0 Å². The topological polar surface area (TPSA) is 72.6 Å². The number of hydrogen-bond acceptors (Lipinski definition) is 4. The SMILES string of the molecule is O=C1C=Nc2ccc([N+](=O)[O-])cc2C1. The molecule has 2 rings (SSSR count). The molecule has 1 aliphatic rings. The molecule has 0 N–H and O–H groups in total. The number of non-ortho nitro benzene ring substituents is 1. The molecule has 0 saturated carbocycles. The van der Waals surface area contributed by atoms with Crippen molar-refractivity contribution in [3.05, 3.63) is 33.9 Å². The van der Waals surface area contributed by atoms with Crippen LogP contribution in [0.5, 0.6) is 0 Å². The molecule has 0 spiro atoms. The number of nitro groups is 1. The van der Waals surface area contributed by atoms with E-state index in [1.165, 1.54) is 18.3 Å². The van der Waals surface area contributed by atoms with E-state index < -0.39 is 4.92 Å². The van der Waals surface area contributed by atoms with Crippen LogP contribution in [0.4, 0.5) is 11.4 Å². The molecule has 0 radical (unpaired) electrons. The van der Waals surface area contributed by atoms with Crippen LogP contribution >= 0.6 is 0 Å². The number of fused-ring (bicyclic) bond motifs is 1. The minimum Gasteiger partial charge on any atom is -0.293 e. The van der Waals surface area contributed by atoms with Gasteiger partial charge >= 0.3 is 0 Å². The fourth-order valence-corrected chi connectivity index (χ4v) is 1.33. The van der Waals surface area contributed by atoms with Gasteiger partial charge in [-0.05, 0) is 11.6 Å². The maximum atomic E-state index is 11.0. The van der Waals surface area contributed by atoms with Gasteiger partial charge in [0.25, 0.3) is 5.69 Å². The highest BCUT2D eigenvalue weighted by Gasteiger charge is 2.15. The molecular weight excluding hydrogens is 184 g/mol. The van der Waals surface area contributed by atoms with Crippen molar-refractivity contribution in [1.29, 1.82) is 0 Å². The van der Waals surface area contributed by atoms with Crippen LogP contribution in [0.2, 0.25) is 0 Å². The summed E-state index contributed by atoms with van der Waals surface area (Å²) >= 11 is 0. The van der Waals surface area contributed by atoms with Crippen molar-refractivity contribution < 1.29 is 9.72 Å². The molecular formula is C9H6N2O3. The van der Waals surface area contributed by atoms with E-state index in [0.717, 1.165) is 0 Å². The molecule has 5 heteroatoms. The van der Waals surface area contributed by atoms with Crippen molar-refractivity contribution in [1.82, 2.24) is 0 Å². The lowest BCUT2D eigenvalue weighted by molar-refractivity contribution is -0.384.